The summed E-state index contributed by atoms with van der Waals surface area (Å²) < 4.78 is 28.3. The van der Waals surface area contributed by atoms with Gasteiger partial charge in [0, 0.05) is 18.7 Å². The molecular formula is C16H20N4O4S. The Labute approximate surface area is 146 Å². The van der Waals surface area contributed by atoms with Crippen LogP contribution in [0.1, 0.15) is 29.6 Å². The molecule has 0 aliphatic carbocycles. The lowest BCUT2D eigenvalue weighted by molar-refractivity contribution is 0.0702. The molecule has 0 radical (unpaired) electrons. The van der Waals surface area contributed by atoms with Crippen molar-refractivity contribution in [3.8, 4) is 0 Å². The lowest BCUT2D eigenvalue weighted by atomic mass is 10.2. The number of anilines is 2. The number of aryl methyl sites for hydroxylation is 1. The highest BCUT2D eigenvalue weighted by molar-refractivity contribution is 7.91. The summed E-state index contributed by atoms with van der Waals surface area (Å²) in [5, 5.41) is 6.86. The molecule has 8 nitrogen and oxygen atoms in total. The molecule has 2 aromatic heterocycles. The first-order valence-corrected chi connectivity index (χ1v) is 9.88. The molecule has 2 aromatic rings. The zero-order chi connectivity index (χ0) is 18.0. The number of nitrogens with one attached hydrogen (secondary N) is 1. The minimum absolute atomic E-state index is 0.0255. The van der Waals surface area contributed by atoms with Gasteiger partial charge < -0.3 is 14.7 Å². The highest BCUT2D eigenvalue weighted by Gasteiger charge is 2.34. The van der Waals surface area contributed by atoms with Gasteiger partial charge >= 0.3 is 0 Å². The van der Waals surface area contributed by atoms with E-state index < -0.39 is 9.84 Å². The quantitative estimate of drug-likeness (QED) is 0.862. The van der Waals surface area contributed by atoms with Crippen LogP contribution in [0.4, 0.5) is 11.5 Å². The molecule has 1 fully saturated rings. The molecule has 3 rings (SSSR count). The summed E-state index contributed by atoms with van der Waals surface area (Å²) in [6.07, 6.45) is 2.02. The maximum atomic E-state index is 12.7. The number of hydrogen-bond acceptors (Lipinski definition) is 7. The van der Waals surface area contributed by atoms with Gasteiger partial charge in [0.1, 0.15) is 11.5 Å². The summed E-state index contributed by atoms with van der Waals surface area (Å²) in [7, 11) is -3.05. The van der Waals surface area contributed by atoms with E-state index in [1.165, 1.54) is 6.20 Å². The molecule has 1 amide bonds. The number of nitrogens with zero attached hydrogens (tertiary/aromatic N) is 3. The van der Waals surface area contributed by atoms with Crippen LogP contribution in [-0.2, 0) is 9.84 Å². The van der Waals surface area contributed by atoms with E-state index >= 15 is 0 Å². The van der Waals surface area contributed by atoms with Crippen molar-refractivity contribution >= 4 is 27.2 Å². The SMILES string of the molecule is CCN(C(=O)c1ccc(Nc2cc(C)on2)cn1)C1CCS(=O)(=O)C1. The topological polar surface area (TPSA) is 105 Å². The minimum Gasteiger partial charge on any atom is -0.360 e. The Morgan fingerprint density at radius 3 is 2.76 bits per heavy atom. The molecule has 0 saturated carbocycles. The fourth-order valence-electron chi connectivity index (χ4n) is 2.90. The monoisotopic (exact) mass is 364 g/mol. The van der Waals surface area contributed by atoms with Crippen LogP contribution in [-0.4, -0.2) is 53.5 Å². The van der Waals surface area contributed by atoms with Crippen molar-refractivity contribution < 1.29 is 17.7 Å². The fraction of sp³-hybridized carbons (Fsp3) is 0.438. The van der Waals surface area contributed by atoms with E-state index in [-0.39, 0.29) is 29.1 Å². The predicted octanol–water partition coefficient (Wildman–Crippen LogP) is 1.77. The van der Waals surface area contributed by atoms with Gasteiger partial charge in [0.05, 0.1) is 23.4 Å². The van der Waals surface area contributed by atoms with Crippen LogP contribution in [0.5, 0.6) is 0 Å². The molecule has 1 aliphatic rings. The fourth-order valence-corrected chi connectivity index (χ4v) is 4.63. The average molecular weight is 364 g/mol. The van der Waals surface area contributed by atoms with Gasteiger partial charge in [-0.1, -0.05) is 5.16 Å². The normalized spacial score (nSPS) is 18.9. The third-order valence-electron chi connectivity index (χ3n) is 4.13. The first-order chi connectivity index (χ1) is 11.9. The van der Waals surface area contributed by atoms with Crippen LogP contribution in [0.2, 0.25) is 0 Å². The molecule has 134 valence electrons. The van der Waals surface area contributed by atoms with Crippen molar-refractivity contribution in [1.29, 1.82) is 0 Å². The molecule has 1 aliphatic heterocycles. The Bertz CT molecular complexity index is 861. The first kappa shape index (κ1) is 17.4. The predicted molar refractivity (Wildman–Crippen MR) is 92.5 cm³/mol. The Kier molecular flexibility index (Phi) is 4.76. The van der Waals surface area contributed by atoms with Crippen molar-refractivity contribution in [3.63, 3.8) is 0 Å². The molecule has 0 spiro atoms. The summed E-state index contributed by atoms with van der Waals surface area (Å²) in [6.45, 7) is 4.07. The largest absolute Gasteiger partial charge is 0.360 e. The minimum atomic E-state index is -3.05. The van der Waals surface area contributed by atoms with Crippen molar-refractivity contribution in [3.05, 3.63) is 35.9 Å². The Hall–Kier alpha value is -2.42. The molecule has 1 atom stereocenters. The zero-order valence-electron chi connectivity index (χ0n) is 14.1. The number of pyridine rings is 1. The van der Waals surface area contributed by atoms with E-state index in [1.807, 2.05) is 6.92 Å². The highest BCUT2D eigenvalue weighted by Crippen LogP contribution is 2.20. The molecule has 1 unspecified atom stereocenters. The number of rotatable bonds is 5. The highest BCUT2D eigenvalue weighted by atomic mass is 32.2. The Morgan fingerprint density at radius 1 is 1.44 bits per heavy atom. The van der Waals surface area contributed by atoms with Gasteiger partial charge in [0.25, 0.3) is 5.91 Å². The van der Waals surface area contributed by atoms with Crippen LogP contribution in [0.3, 0.4) is 0 Å². The standard InChI is InChI=1S/C16H20N4O4S/c1-3-20(13-6-7-25(22,23)10-13)16(21)14-5-4-12(9-17-14)18-15-8-11(2)24-19-15/h4-5,8-9,13H,3,6-7,10H2,1-2H3,(H,18,19). The Balaban J connectivity index is 1.71. The molecular weight excluding hydrogens is 344 g/mol. The smallest absolute Gasteiger partial charge is 0.272 e. The molecule has 3 heterocycles. The van der Waals surface area contributed by atoms with Crippen LogP contribution >= 0.6 is 0 Å². The third-order valence-corrected chi connectivity index (χ3v) is 5.88. The van der Waals surface area contributed by atoms with Gasteiger partial charge in [0.2, 0.25) is 0 Å². The number of amides is 1. The summed E-state index contributed by atoms with van der Waals surface area (Å²) >= 11 is 0. The summed E-state index contributed by atoms with van der Waals surface area (Å²) in [6, 6.07) is 4.81. The number of carbonyl (C=O) groups is 1. The van der Waals surface area contributed by atoms with E-state index in [0.29, 0.717) is 30.2 Å². The third kappa shape index (κ3) is 3.98. The van der Waals surface area contributed by atoms with Crippen LogP contribution in [0.25, 0.3) is 0 Å². The van der Waals surface area contributed by atoms with E-state index in [2.05, 4.69) is 15.5 Å². The zero-order valence-corrected chi connectivity index (χ0v) is 14.9. The maximum absolute atomic E-state index is 12.7. The molecule has 1 N–H and O–H groups in total. The van der Waals surface area contributed by atoms with Gasteiger partial charge in [-0.2, -0.15) is 0 Å². The van der Waals surface area contributed by atoms with E-state index in [0.717, 1.165) is 0 Å². The first-order valence-electron chi connectivity index (χ1n) is 8.06. The van der Waals surface area contributed by atoms with Crippen LogP contribution in [0.15, 0.2) is 28.9 Å². The second-order valence-corrected chi connectivity index (χ2v) is 8.26. The van der Waals surface area contributed by atoms with Crippen molar-refractivity contribution in [2.45, 2.75) is 26.3 Å². The summed E-state index contributed by atoms with van der Waals surface area (Å²) in [5.41, 5.74) is 0.962. The summed E-state index contributed by atoms with van der Waals surface area (Å²) in [5.74, 6) is 1.15. The molecule has 9 heteroatoms. The van der Waals surface area contributed by atoms with Gasteiger partial charge in [-0.05, 0) is 32.4 Å². The lowest BCUT2D eigenvalue weighted by Crippen LogP contribution is -2.41. The van der Waals surface area contributed by atoms with E-state index in [4.69, 9.17) is 4.52 Å². The van der Waals surface area contributed by atoms with Crippen molar-refractivity contribution in [1.82, 2.24) is 15.0 Å². The second-order valence-electron chi connectivity index (χ2n) is 6.03. The number of aromatic nitrogens is 2. The van der Waals surface area contributed by atoms with Gasteiger partial charge in [-0.25, -0.2) is 13.4 Å². The average Bonchev–Trinajstić information content (AvgIpc) is 3.14. The molecule has 0 bridgehead atoms. The maximum Gasteiger partial charge on any atom is 0.272 e. The number of carbonyl (C=O) groups excluding carboxylic acids is 1. The van der Waals surface area contributed by atoms with E-state index in [9.17, 15) is 13.2 Å². The number of sulfone groups is 1. The van der Waals surface area contributed by atoms with Crippen molar-refractivity contribution in [2.24, 2.45) is 0 Å². The second kappa shape index (κ2) is 6.83. The summed E-state index contributed by atoms with van der Waals surface area (Å²) in [4.78, 5) is 18.4. The molecule has 0 aromatic carbocycles. The van der Waals surface area contributed by atoms with Gasteiger partial charge in [0.15, 0.2) is 15.7 Å². The van der Waals surface area contributed by atoms with Crippen molar-refractivity contribution in [2.75, 3.05) is 23.4 Å². The Morgan fingerprint density at radius 2 is 2.24 bits per heavy atom. The molecule has 25 heavy (non-hydrogen) atoms. The lowest BCUT2D eigenvalue weighted by Gasteiger charge is -2.26. The van der Waals surface area contributed by atoms with Gasteiger partial charge in [-0.15, -0.1) is 0 Å². The molecule has 1 saturated heterocycles. The van der Waals surface area contributed by atoms with Crippen LogP contribution in [0, 0.1) is 6.92 Å². The van der Waals surface area contributed by atoms with Crippen LogP contribution < -0.4 is 5.32 Å². The number of hydrogen-bond donors (Lipinski definition) is 1. The van der Waals surface area contributed by atoms with E-state index in [1.54, 1.807) is 30.0 Å². The van der Waals surface area contributed by atoms with Gasteiger partial charge in [-0.3, -0.25) is 4.79 Å².